The maximum Gasteiger partial charge on any atom is 0.260 e. The summed E-state index contributed by atoms with van der Waals surface area (Å²) < 4.78 is 2.66. The molecule has 0 saturated carbocycles. The number of anilines is 1. The van der Waals surface area contributed by atoms with Crippen LogP contribution in [0.2, 0.25) is 0 Å². The molecule has 1 amide bonds. The summed E-state index contributed by atoms with van der Waals surface area (Å²) in [4.78, 5) is 18.0. The average molecular weight is 439 g/mol. The molecule has 1 N–H and O–H groups in total. The lowest BCUT2D eigenvalue weighted by atomic mass is 10.2. The van der Waals surface area contributed by atoms with E-state index in [4.69, 9.17) is 0 Å². The Labute approximate surface area is 168 Å². The number of rotatable bonds is 4. The third-order valence-corrected chi connectivity index (χ3v) is 5.75. The minimum Gasteiger partial charge on any atom is -0.298 e. The van der Waals surface area contributed by atoms with E-state index in [0.717, 1.165) is 26.3 Å². The van der Waals surface area contributed by atoms with Gasteiger partial charge in [0.2, 0.25) is 0 Å². The van der Waals surface area contributed by atoms with Gasteiger partial charge in [0.05, 0.1) is 28.0 Å². The van der Waals surface area contributed by atoms with E-state index in [-0.39, 0.29) is 5.91 Å². The molecule has 0 spiro atoms. The zero-order chi connectivity index (χ0) is 18.8. The van der Waals surface area contributed by atoms with Crippen molar-refractivity contribution >= 4 is 38.3 Å². The summed E-state index contributed by atoms with van der Waals surface area (Å²) in [6.45, 7) is 1.87. The molecule has 0 aliphatic rings. The molecule has 0 atom stereocenters. The summed E-state index contributed by atoms with van der Waals surface area (Å²) >= 11 is 4.97. The predicted octanol–water partition coefficient (Wildman–Crippen LogP) is 5.32. The minimum atomic E-state index is -0.222. The van der Waals surface area contributed by atoms with Gasteiger partial charge in [0.25, 0.3) is 5.91 Å². The summed E-state index contributed by atoms with van der Waals surface area (Å²) in [6.07, 6.45) is 3.35. The number of nitrogens with zero attached hydrogens (tertiary/aromatic N) is 3. The van der Waals surface area contributed by atoms with Gasteiger partial charge in [-0.15, -0.1) is 0 Å². The van der Waals surface area contributed by atoms with E-state index >= 15 is 0 Å². The van der Waals surface area contributed by atoms with Crippen LogP contribution in [0.4, 0.5) is 5.13 Å². The molecule has 0 bridgehead atoms. The first-order valence-electron chi connectivity index (χ1n) is 8.25. The van der Waals surface area contributed by atoms with Crippen molar-refractivity contribution in [3.05, 3.63) is 82.7 Å². The molecule has 0 aliphatic heterocycles. The second kappa shape index (κ2) is 7.46. The van der Waals surface area contributed by atoms with Crippen LogP contribution < -0.4 is 5.32 Å². The number of carbonyl (C=O) groups excluding carboxylic acids is 1. The Morgan fingerprint density at radius 1 is 1.07 bits per heavy atom. The van der Waals surface area contributed by atoms with Crippen molar-refractivity contribution in [1.29, 1.82) is 0 Å². The zero-order valence-electron chi connectivity index (χ0n) is 14.4. The van der Waals surface area contributed by atoms with Crippen LogP contribution in [-0.4, -0.2) is 20.7 Å². The van der Waals surface area contributed by atoms with Crippen LogP contribution in [-0.2, 0) is 0 Å². The van der Waals surface area contributed by atoms with E-state index in [0.29, 0.717) is 10.7 Å². The van der Waals surface area contributed by atoms with Gasteiger partial charge in [-0.2, -0.15) is 5.10 Å². The molecular formula is C20H15BrN4OS. The normalized spacial score (nSPS) is 10.7. The molecule has 134 valence electrons. The fraction of sp³-hybridized carbons (Fsp3) is 0.0500. The molecule has 4 aromatic rings. The smallest absolute Gasteiger partial charge is 0.260 e. The Balaban J connectivity index is 1.56. The van der Waals surface area contributed by atoms with Crippen LogP contribution in [0.1, 0.15) is 16.1 Å². The highest BCUT2D eigenvalue weighted by molar-refractivity contribution is 9.10. The van der Waals surface area contributed by atoms with E-state index in [1.54, 1.807) is 17.1 Å². The zero-order valence-corrected chi connectivity index (χ0v) is 16.8. The van der Waals surface area contributed by atoms with Gasteiger partial charge in [-0.05, 0) is 40.5 Å². The molecule has 2 heterocycles. The van der Waals surface area contributed by atoms with Crippen molar-refractivity contribution in [2.45, 2.75) is 6.92 Å². The number of aromatic nitrogens is 3. The summed E-state index contributed by atoms with van der Waals surface area (Å²) in [5.41, 5.74) is 3.24. The minimum absolute atomic E-state index is 0.222. The monoisotopic (exact) mass is 438 g/mol. The predicted molar refractivity (Wildman–Crippen MR) is 112 cm³/mol. The van der Waals surface area contributed by atoms with E-state index in [1.165, 1.54) is 11.3 Å². The third kappa shape index (κ3) is 3.56. The largest absolute Gasteiger partial charge is 0.298 e. The lowest BCUT2D eigenvalue weighted by Crippen LogP contribution is -2.13. The van der Waals surface area contributed by atoms with Crippen LogP contribution in [0.25, 0.3) is 16.1 Å². The fourth-order valence-electron chi connectivity index (χ4n) is 2.73. The molecular weight excluding hydrogens is 424 g/mol. The van der Waals surface area contributed by atoms with Crippen molar-refractivity contribution in [1.82, 2.24) is 14.8 Å². The highest BCUT2D eigenvalue weighted by Crippen LogP contribution is 2.29. The molecule has 2 aromatic carbocycles. The number of hydrogen-bond acceptors (Lipinski definition) is 4. The van der Waals surface area contributed by atoms with Gasteiger partial charge in [-0.3, -0.25) is 10.1 Å². The number of benzene rings is 2. The van der Waals surface area contributed by atoms with E-state index in [2.05, 4.69) is 31.3 Å². The molecule has 0 aliphatic carbocycles. The van der Waals surface area contributed by atoms with E-state index < -0.39 is 0 Å². The van der Waals surface area contributed by atoms with Crippen molar-refractivity contribution in [2.24, 2.45) is 0 Å². The highest BCUT2D eigenvalue weighted by Gasteiger charge is 2.17. The molecule has 0 saturated heterocycles. The number of para-hydroxylation sites is 1. The number of halogens is 1. The molecule has 0 radical (unpaired) electrons. The molecule has 7 heteroatoms. The van der Waals surface area contributed by atoms with Gasteiger partial charge < -0.3 is 0 Å². The van der Waals surface area contributed by atoms with Crippen LogP contribution >= 0.6 is 27.3 Å². The number of thiazole rings is 1. The molecule has 0 fully saturated rings. The summed E-state index contributed by atoms with van der Waals surface area (Å²) in [7, 11) is 0. The number of amides is 1. The number of hydrogen-bond donors (Lipinski definition) is 1. The maximum atomic E-state index is 12.7. The Bertz CT molecular complexity index is 1100. The Morgan fingerprint density at radius 2 is 1.81 bits per heavy atom. The molecule has 4 rings (SSSR count). The first-order valence-corrected chi connectivity index (χ1v) is 9.86. The number of carbonyl (C=O) groups is 1. The van der Waals surface area contributed by atoms with Crippen LogP contribution in [0.3, 0.4) is 0 Å². The van der Waals surface area contributed by atoms with Crippen molar-refractivity contribution in [3.63, 3.8) is 0 Å². The van der Waals surface area contributed by atoms with Crippen molar-refractivity contribution in [3.8, 4) is 16.1 Å². The first-order chi connectivity index (χ1) is 13.1. The molecule has 27 heavy (non-hydrogen) atoms. The van der Waals surface area contributed by atoms with Crippen LogP contribution in [0.15, 0.2) is 71.5 Å². The Hall–Kier alpha value is -2.77. The summed E-state index contributed by atoms with van der Waals surface area (Å²) in [5.74, 6) is -0.222. The summed E-state index contributed by atoms with van der Waals surface area (Å²) in [6, 6.07) is 17.7. The highest BCUT2D eigenvalue weighted by atomic mass is 79.9. The van der Waals surface area contributed by atoms with Gasteiger partial charge in [0.15, 0.2) is 5.13 Å². The average Bonchev–Trinajstić information content (AvgIpc) is 3.30. The van der Waals surface area contributed by atoms with E-state index in [1.807, 2.05) is 61.5 Å². The van der Waals surface area contributed by atoms with Crippen molar-refractivity contribution in [2.75, 3.05) is 5.32 Å². The van der Waals surface area contributed by atoms with Gasteiger partial charge in [-0.25, -0.2) is 9.67 Å². The number of nitrogens with one attached hydrogen (secondary N) is 1. The summed E-state index contributed by atoms with van der Waals surface area (Å²) in [5, 5.41) is 7.81. The Morgan fingerprint density at radius 3 is 2.59 bits per heavy atom. The third-order valence-electron chi connectivity index (χ3n) is 4.12. The molecule has 2 aromatic heterocycles. The maximum absolute atomic E-state index is 12.7. The molecule has 5 nitrogen and oxygen atoms in total. The second-order valence-corrected chi connectivity index (χ2v) is 7.74. The Kier molecular flexibility index (Phi) is 4.87. The van der Waals surface area contributed by atoms with Crippen LogP contribution in [0, 0.1) is 6.92 Å². The van der Waals surface area contributed by atoms with Gasteiger partial charge >= 0.3 is 0 Å². The lowest BCUT2D eigenvalue weighted by molar-refractivity contribution is 0.102. The molecule has 0 unspecified atom stereocenters. The van der Waals surface area contributed by atoms with Gasteiger partial charge in [0, 0.05) is 10.7 Å². The first kappa shape index (κ1) is 17.6. The quantitative estimate of drug-likeness (QED) is 0.468. The standard InChI is InChI=1S/C20H15BrN4OS/c1-13-15(11-23-25(13)17-10-6-5-9-16(17)21)19(26)24-20-22-12-18(27-20)14-7-3-2-4-8-14/h2-12H,1H3,(H,22,24,26). The fourth-order valence-corrected chi connectivity index (χ4v) is 4.00. The van der Waals surface area contributed by atoms with Gasteiger partial charge in [0.1, 0.15) is 0 Å². The van der Waals surface area contributed by atoms with Crippen molar-refractivity contribution < 1.29 is 4.79 Å². The van der Waals surface area contributed by atoms with Crippen LogP contribution in [0.5, 0.6) is 0 Å². The SMILES string of the molecule is Cc1c(C(=O)Nc2ncc(-c3ccccc3)s2)cnn1-c1ccccc1Br. The lowest BCUT2D eigenvalue weighted by Gasteiger charge is -2.07. The topological polar surface area (TPSA) is 59.8 Å². The van der Waals surface area contributed by atoms with E-state index in [9.17, 15) is 4.79 Å². The second-order valence-electron chi connectivity index (χ2n) is 5.86. The van der Waals surface area contributed by atoms with Gasteiger partial charge in [-0.1, -0.05) is 53.8 Å².